The van der Waals surface area contributed by atoms with E-state index in [9.17, 15) is 0 Å². The molecule has 1 aromatic heterocycles. The largest absolute Gasteiger partial charge is 0.493 e. The van der Waals surface area contributed by atoms with Crippen LogP contribution in [0.3, 0.4) is 0 Å². The van der Waals surface area contributed by atoms with Crippen LogP contribution >= 0.6 is 0 Å². The SMILES string of the molecule is COc1cccc(OC)c1Oc1c(C(=N)N)c(C)nn1C. The normalized spacial score (nSPS) is 10.3. The molecule has 112 valence electrons. The number of benzene rings is 1. The quantitative estimate of drug-likeness (QED) is 0.647. The van der Waals surface area contributed by atoms with E-state index in [1.807, 2.05) is 0 Å². The molecule has 21 heavy (non-hydrogen) atoms. The number of nitrogens with zero attached hydrogens (tertiary/aromatic N) is 2. The maximum atomic E-state index is 7.68. The smallest absolute Gasteiger partial charge is 0.229 e. The summed E-state index contributed by atoms with van der Waals surface area (Å²) < 4.78 is 18.0. The Morgan fingerprint density at radius 2 is 1.81 bits per heavy atom. The number of aromatic nitrogens is 2. The van der Waals surface area contributed by atoms with Gasteiger partial charge in [-0.25, -0.2) is 4.68 Å². The van der Waals surface area contributed by atoms with E-state index in [4.69, 9.17) is 25.4 Å². The van der Waals surface area contributed by atoms with E-state index in [-0.39, 0.29) is 5.84 Å². The minimum absolute atomic E-state index is 0.107. The Hall–Kier alpha value is -2.70. The van der Waals surface area contributed by atoms with Crippen molar-refractivity contribution in [3.63, 3.8) is 0 Å². The van der Waals surface area contributed by atoms with Gasteiger partial charge in [0.25, 0.3) is 0 Å². The summed E-state index contributed by atoms with van der Waals surface area (Å²) in [4.78, 5) is 0. The van der Waals surface area contributed by atoms with Crippen LogP contribution in [-0.4, -0.2) is 29.8 Å². The maximum Gasteiger partial charge on any atom is 0.229 e. The van der Waals surface area contributed by atoms with Crippen LogP contribution in [0.25, 0.3) is 0 Å². The summed E-state index contributed by atoms with van der Waals surface area (Å²) in [6.07, 6.45) is 0. The molecule has 0 radical (unpaired) electrons. The summed E-state index contributed by atoms with van der Waals surface area (Å²) in [5, 5.41) is 11.9. The zero-order valence-corrected chi connectivity index (χ0v) is 12.4. The van der Waals surface area contributed by atoms with Gasteiger partial charge in [-0.1, -0.05) is 6.07 Å². The van der Waals surface area contributed by atoms with E-state index in [0.717, 1.165) is 0 Å². The molecule has 2 aromatic rings. The molecule has 0 saturated heterocycles. The molecular weight excluding hydrogens is 272 g/mol. The Labute approximate surface area is 122 Å². The van der Waals surface area contributed by atoms with Crippen LogP contribution < -0.4 is 19.9 Å². The second kappa shape index (κ2) is 5.74. The zero-order valence-electron chi connectivity index (χ0n) is 12.4. The molecule has 7 nitrogen and oxygen atoms in total. The zero-order chi connectivity index (χ0) is 15.6. The van der Waals surface area contributed by atoms with Crippen LogP contribution in [0.15, 0.2) is 18.2 Å². The van der Waals surface area contributed by atoms with Crippen LogP contribution in [0.5, 0.6) is 23.1 Å². The van der Waals surface area contributed by atoms with E-state index in [1.165, 1.54) is 4.68 Å². The Morgan fingerprint density at radius 3 is 2.29 bits per heavy atom. The number of nitrogens with one attached hydrogen (secondary N) is 1. The molecule has 0 aliphatic carbocycles. The monoisotopic (exact) mass is 290 g/mol. The predicted molar refractivity (Wildman–Crippen MR) is 78.6 cm³/mol. The molecule has 2 rings (SSSR count). The van der Waals surface area contributed by atoms with Gasteiger partial charge in [-0.15, -0.1) is 0 Å². The van der Waals surface area contributed by atoms with Crippen molar-refractivity contribution in [2.45, 2.75) is 6.92 Å². The van der Waals surface area contributed by atoms with E-state index in [0.29, 0.717) is 34.4 Å². The first-order valence-electron chi connectivity index (χ1n) is 6.26. The topological polar surface area (TPSA) is 95.4 Å². The van der Waals surface area contributed by atoms with Gasteiger partial charge in [0.1, 0.15) is 11.4 Å². The summed E-state index contributed by atoms with van der Waals surface area (Å²) in [5.41, 5.74) is 6.68. The molecule has 0 saturated carbocycles. The van der Waals surface area contributed by atoms with Crippen molar-refractivity contribution in [2.75, 3.05) is 14.2 Å². The number of hydrogen-bond donors (Lipinski definition) is 2. The molecule has 0 amide bonds. The summed E-state index contributed by atoms with van der Waals surface area (Å²) in [6.45, 7) is 1.77. The van der Waals surface area contributed by atoms with Crippen LogP contribution in [-0.2, 0) is 7.05 Å². The summed E-state index contributed by atoms with van der Waals surface area (Å²) >= 11 is 0. The standard InChI is InChI=1S/C14H18N4O3/c1-8-11(13(15)16)14(18(2)17-8)21-12-9(19-3)6-5-7-10(12)20-4/h5-7H,1-4H3,(H3,15,16). The highest BCUT2D eigenvalue weighted by atomic mass is 16.5. The Bertz CT molecular complexity index is 657. The van der Waals surface area contributed by atoms with Gasteiger partial charge in [-0.2, -0.15) is 5.10 Å². The molecule has 0 aliphatic rings. The highest BCUT2D eigenvalue weighted by Gasteiger charge is 2.21. The molecule has 1 aromatic carbocycles. The van der Waals surface area contributed by atoms with Crippen molar-refractivity contribution in [3.8, 4) is 23.1 Å². The number of amidine groups is 1. The lowest BCUT2D eigenvalue weighted by molar-refractivity contribution is 0.334. The fraction of sp³-hybridized carbons (Fsp3) is 0.286. The van der Waals surface area contributed by atoms with Crippen molar-refractivity contribution in [3.05, 3.63) is 29.5 Å². The van der Waals surface area contributed by atoms with Gasteiger partial charge in [-0.3, -0.25) is 5.41 Å². The van der Waals surface area contributed by atoms with Gasteiger partial charge in [0.05, 0.1) is 19.9 Å². The van der Waals surface area contributed by atoms with Gasteiger partial charge in [0.2, 0.25) is 11.6 Å². The molecule has 7 heteroatoms. The molecular formula is C14H18N4O3. The van der Waals surface area contributed by atoms with E-state index < -0.39 is 0 Å². The highest BCUT2D eigenvalue weighted by Crippen LogP contribution is 2.40. The molecule has 0 fully saturated rings. The lowest BCUT2D eigenvalue weighted by Crippen LogP contribution is -2.13. The number of nitrogen functional groups attached to an aromatic ring is 1. The Kier molecular flexibility index (Phi) is 4.02. The van der Waals surface area contributed by atoms with Crippen LogP contribution in [0, 0.1) is 12.3 Å². The molecule has 0 unspecified atom stereocenters. The third-order valence-electron chi connectivity index (χ3n) is 3.02. The van der Waals surface area contributed by atoms with Crippen LogP contribution in [0.2, 0.25) is 0 Å². The fourth-order valence-corrected chi connectivity index (χ4v) is 2.08. The van der Waals surface area contributed by atoms with E-state index in [2.05, 4.69) is 5.10 Å². The average Bonchev–Trinajstić information content (AvgIpc) is 2.73. The second-order valence-electron chi connectivity index (χ2n) is 4.40. The van der Waals surface area contributed by atoms with Crippen LogP contribution in [0.1, 0.15) is 11.3 Å². The van der Waals surface area contributed by atoms with Crippen molar-refractivity contribution in [1.29, 1.82) is 5.41 Å². The second-order valence-corrected chi connectivity index (χ2v) is 4.40. The summed E-state index contributed by atoms with van der Waals surface area (Å²) in [6, 6.07) is 5.31. The first-order chi connectivity index (χ1) is 9.99. The number of nitrogens with two attached hydrogens (primary N) is 1. The van der Waals surface area contributed by atoms with Crippen molar-refractivity contribution < 1.29 is 14.2 Å². The number of hydrogen-bond acceptors (Lipinski definition) is 5. The van der Waals surface area contributed by atoms with Gasteiger partial charge < -0.3 is 19.9 Å². The number of aryl methyl sites for hydroxylation is 2. The first-order valence-corrected chi connectivity index (χ1v) is 6.26. The lowest BCUT2D eigenvalue weighted by Gasteiger charge is -2.14. The lowest BCUT2D eigenvalue weighted by atomic mass is 10.2. The average molecular weight is 290 g/mol. The molecule has 1 heterocycles. The van der Waals surface area contributed by atoms with Crippen molar-refractivity contribution >= 4 is 5.84 Å². The predicted octanol–water partition coefficient (Wildman–Crippen LogP) is 1.82. The third-order valence-corrected chi connectivity index (χ3v) is 3.02. The maximum absolute atomic E-state index is 7.68. The van der Waals surface area contributed by atoms with Crippen LogP contribution in [0.4, 0.5) is 0 Å². The minimum Gasteiger partial charge on any atom is -0.493 e. The van der Waals surface area contributed by atoms with Gasteiger partial charge in [0.15, 0.2) is 11.5 Å². The van der Waals surface area contributed by atoms with Gasteiger partial charge in [0, 0.05) is 7.05 Å². The van der Waals surface area contributed by atoms with Gasteiger partial charge >= 0.3 is 0 Å². The highest BCUT2D eigenvalue weighted by molar-refractivity contribution is 5.98. The third kappa shape index (κ3) is 2.62. The fourth-order valence-electron chi connectivity index (χ4n) is 2.08. The van der Waals surface area contributed by atoms with Crippen molar-refractivity contribution in [1.82, 2.24) is 9.78 Å². The minimum atomic E-state index is -0.107. The van der Waals surface area contributed by atoms with Crippen molar-refractivity contribution in [2.24, 2.45) is 12.8 Å². The van der Waals surface area contributed by atoms with E-state index in [1.54, 1.807) is 46.4 Å². The molecule has 0 bridgehead atoms. The number of ether oxygens (including phenoxy) is 3. The summed E-state index contributed by atoms with van der Waals surface area (Å²) in [5.74, 6) is 1.70. The number of rotatable bonds is 5. The Morgan fingerprint density at radius 1 is 1.24 bits per heavy atom. The number of para-hydroxylation sites is 1. The number of methoxy groups -OCH3 is 2. The molecule has 0 spiro atoms. The summed E-state index contributed by atoms with van der Waals surface area (Å²) in [7, 11) is 4.81. The molecule has 0 atom stereocenters. The Balaban J connectivity index is 2.55. The first kappa shape index (κ1) is 14.7. The molecule has 0 aliphatic heterocycles. The van der Waals surface area contributed by atoms with E-state index >= 15 is 0 Å². The van der Waals surface area contributed by atoms with Gasteiger partial charge in [-0.05, 0) is 19.1 Å². The molecule has 3 N–H and O–H groups in total.